The molecule has 2 aromatic rings. The minimum atomic E-state index is -0.324. The summed E-state index contributed by atoms with van der Waals surface area (Å²) in [4.78, 5) is 28.8. The maximum Gasteiger partial charge on any atom is 0.311 e. The van der Waals surface area contributed by atoms with Crippen LogP contribution in [-0.2, 0) is 14.3 Å². The summed E-state index contributed by atoms with van der Waals surface area (Å²) in [5.74, 6) is -0.311. The molecule has 1 amide bonds. The van der Waals surface area contributed by atoms with E-state index in [1.54, 1.807) is 37.3 Å². The predicted octanol–water partition coefficient (Wildman–Crippen LogP) is 5.00. The second-order valence-corrected chi connectivity index (χ2v) is 7.52. The van der Waals surface area contributed by atoms with Crippen molar-refractivity contribution in [2.45, 2.75) is 13.3 Å². The first-order chi connectivity index (χ1) is 14.0. The minimum absolute atomic E-state index is 0.0960. The number of thioether (sulfide) groups is 1. The van der Waals surface area contributed by atoms with Crippen molar-refractivity contribution in [3.05, 3.63) is 65.3 Å². The highest BCUT2D eigenvalue weighted by atomic mass is 35.5. The zero-order chi connectivity index (χ0) is 20.6. The highest BCUT2D eigenvalue weighted by molar-refractivity contribution is 8.14. The van der Waals surface area contributed by atoms with E-state index < -0.39 is 0 Å². The second-order valence-electron chi connectivity index (χ2n) is 6.09. The van der Waals surface area contributed by atoms with Crippen LogP contribution in [0.4, 0.5) is 17.1 Å². The molecule has 1 aliphatic heterocycles. The fraction of sp³-hybridized carbons (Fsp3) is 0.190. The van der Waals surface area contributed by atoms with Crippen LogP contribution in [0.3, 0.4) is 0 Å². The van der Waals surface area contributed by atoms with Crippen molar-refractivity contribution < 1.29 is 14.3 Å². The van der Waals surface area contributed by atoms with Crippen LogP contribution in [0.1, 0.15) is 13.3 Å². The Morgan fingerprint density at radius 1 is 1.17 bits per heavy atom. The SMILES string of the molecule is CCOC(=O)CC1=CC(SCC(=O)Nc2ccc(Cl)cc2)=Nc2ccccc2N1. The van der Waals surface area contributed by atoms with E-state index >= 15 is 0 Å². The van der Waals surface area contributed by atoms with Crippen LogP contribution in [-0.4, -0.2) is 29.3 Å². The molecule has 0 saturated heterocycles. The fourth-order valence-electron chi connectivity index (χ4n) is 2.59. The molecule has 0 fully saturated rings. The van der Waals surface area contributed by atoms with Crippen molar-refractivity contribution in [3.63, 3.8) is 0 Å². The van der Waals surface area contributed by atoms with Gasteiger partial charge in [0, 0.05) is 16.4 Å². The lowest BCUT2D eigenvalue weighted by molar-refractivity contribution is -0.142. The number of para-hydroxylation sites is 2. The monoisotopic (exact) mass is 429 g/mol. The number of fused-ring (bicyclic) bond motifs is 1. The average Bonchev–Trinajstić information content (AvgIpc) is 2.87. The van der Waals surface area contributed by atoms with Crippen LogP contribution < -0.4 is 10.6 Å². The zero-order valence-corrected chi connectivity index (χ0v) is 17.3. The Labute approximate surface area is 178 Å². The molecular formula is C21H20ClN3O3S. The van der Waals surface area contributed by atoms with Crippen molar-refractivity contribution in [2.24, 2.45) is 4.99 Å². The second kappa shape index (κ2) is 10.1. The van der Waals surface area contributed by atoms with Gasteiger partial charge in [0.25, 0.3) is 0 Å². The molecule has 6 nitrogen and oxygen atoms in total. The first-order valence-corrected chi connectivity index (χ1v) is 10.4. The van der Waals surface area contributed by atoms with Gasteiger partial charge in [-0.2, -0.15) is 0 Å². The molecule has 1 heterocycles. The topological polar surface area (TPSA) is 79.8 Å². The van der Waals surface area contributed by atoms with E-state index in [0.29, 0.717) is 28.1 Å². The lowest BCUT2D eigenvalue weighted by Gasteiger charge is -2.10. The van der Waals surface area contributed by atoms with Crippen LogP contribution in [0.2, 0.25) is 5.02 Å². The zero-order valence-electron chi connectivity index (χ0n) is 15.8. The molecule has 0 unspecified atom stereocenters. The molecule has 1 aliphatic rings. The van der Waals surface area contributed by atoms with E-state index in [-0.39, 0.29) is 24.1 Å². The Bertz CT molecular complexity index is 958. The minimum Gasteiger partial charge on any atom is -0.466 e. The number of carbonyl (C=O) groups excluding carboxylic acids is 2. The number of aliphatic imine (C=N–C) groups is 1. The molecule has 0 aliphatic carbocycles. The summed E-state index contributed by atoms with van der Waals surface area (Å²) in [5, 5.41) is 7.29. The molecule has 0 atom stereocenters. The van der Waals surface area contributed by atoms with Crippen LogP contribution >= 0.6 is 23.4 Å². The molecule has 8 heteroatoms. The molecule has 2 aromatic carbocycles. The number of ether oxygens (including phenoxy) is 1. The summed E-state index contributed by atoms with van der Waals surface area (Å²) in [7, 11) is 0. The third-order valence-corrected chi connectivity index (χ3v) is 5.01. The third kappa shape index (κ3) is 6.37. The first-order valence-electron chi connectivity index (χ1n) is 9.02. The highest BCUT2D eigenvalue weighted by Gasteiger charge is 2.15. The molecule has 0 spiro atoms. The largest absolute Gasteiger partial charge is 0.466 e. The Morgan fingerprint density at radius 3 is 2.69 bits per heavy atom. The lowest BCUT2D eigenvalue weighted by atomic mass is 10.2. The van der Waals surface area contributed by atoms with Crippen LogP contribution in [0, 0.1) is 0 Å². The van der Waals surface area contributed by atoms with E-state index in [0.717, 1.165) is 11.4 Å². The summed E-state index contributed by atoms with van der Waals surface area (Å²) in [5.41, 5.74) is 2.87. The Kier molecular flexibility index (Phi) is 7.32. The van der Waals surface area contributed by atoms with Crippen LogP contribution in [0.5, 0.6) is 0 Å². The smallest absolute Gasteiger partial charge is 0.311 e. The number of nitrogens with one attached hydrogen (secondary N) is 2. The number of hydrogen-bond donors (Lipinski definition) is 2. The normalized spacial score (nSPS) is 12.6. The number of carbonyl (C=O) groups is 2. The van der Waals surface area contributed by atoms with Gasteiger partial charge in [-0.3, -0.25) is 9.59 Å². The number of nitrogens with zero attached hydrogens (tertiary/aromatic N) is 1. The molecule has 150 valence electrons. The quantitative estimate of drug-likeness (QED) is 0.631. The average molecular weight is 430 g/mol. The van der Waals surface area contributed by atoms with E-state index in [1.165, 1.54) is 11.8 Å². The molecule has 0 saturated carbocycles. The lowest BCUT2D eigenvalue weighted by Crippen LogP contribution is -2.15. The molecule has 0 bridgehead atoms. The molecule has 29 heavy (non-hydrogen) atoms. The predicted molar refractivity (Wildman–Crippen MR) is 119 cm³/mol. The molecular weight excluding hydrogens is 410 g/mol. The fourth-order valence-corrected chi connectivity index (χ4v) is 3.46. The van der Waals surface area contributed by atoms with E-state index in [9.17, 15) is 9.59 Å². The summed E-state index contributed by atoms with van der Waals surface area (Å²) in [6.07, 6.45) is 1.87. The standard InChI is InChI=1S/C21H20ClN3O3S/c1-2-28-21(27)12-16-11-20(25-18-6-4-3-5-17(18)23-16)29-13-19(26)24-15-9-7-14(22)8-10-15/h3-11,23H,2,12-13H2,1H3,(H,24,26). The number of esters is 1. The van der Waals surface area contributed by atoms with Gasteiger partial charge in [-0.1, -0.05) is 35.5 Å². The molecule has 0 radical (unpaired) electrons. The van der Waals surface area contributed by atoms with Gasteiger partial charge in [0.05, 0.1) is 35.2 Å². The summed E-state index contributed by atoms with van der Waals surface area (Å²) >= 11 is 7.15. The van der Waals surface area contributed by atoms with Crippen molar-refractivity contribution in [1.82, 2.24) is 0 Å². The molecule has 2 N–H and O–H groups in total. The number of halogens is 1. The van der Waals surface area contributed by atoms with E-state index in [2.05, 4.69) is 15.6 Å². The Morgan fingerprint density at radius 2 is 1.93 bits per heavy atom. The maximum absolute atomic E-state index is 12.3. The first kappa shape index (κ1) is 21.0. The Balaban J connectivity index is 1.70. The summed E-state index contributed by atoms with van der Waals surface area (Å²) in [6.45, 7) is 2.09. The number of amides is 1. The van der Waals surface area contributed by atoms with Gasteiger partial charge < -0.3 is 15.4 Å². The number of rotatable bonds is 6. The molecule has 3 rings (SSSR count). The number of anilines is 2. The van der Waals surface area contributed by atoms with Crippen molar-refractivity contribution in [1.29, 1.82) is 0 Å². The van der Waals surface area contributed by atoms with Gasteiger partial charge in [-0.05, 0) is 49.4 Å². The van der Waals surface area contributed by atoms with Gasteiger partial charge in [0.2, 0.25) is 5.91 Å². The van der Waals surface area contributed by atoms with Gasteiger partial charge in [-0.25, -0.2) is 4.99 Å². The van der Waals surface area contributed by atoms with Crippen LogP contribution in [0.25, 0.3) is 0 Å². The van der Waals surface area contributed by atoms with Crippen LogP contribution in [0.15, 0.2) is 65.3 Å². The Hall–Kier alpha value is -2.77. The third-order valence-electron chi connectivity index (χ3n) is 3.85. The van der Waals surface area contributed by atoms with Gasteiger partial charge in [0.1, 0.15) is 0 Å². The number of benzene rings is 2. The van der Waals surface area contributed by atoms with Gasteiger partial charge in [0.15, 0.2) is 0 Å². The van der Waals surface area contributed by atoms with Gasteiger partial charge >= 0.3 is 5.97 Å². The number of hydrogen-bond acceptors (Lipinski definition) is 6. The summed E-state index contributed by atoms with van der Waals surface area (Å²) in [6, 6.07) is 14.4. The molecule has 0 aromatic heterocycles. The van der Waals surface area contributed by atoms with Crippen molar-refractivity contribution in [3.8, 4) is 0 Å². The van der Waals surface area contributed by atoms with Crippen molar-refractivity contribution >= 4 is 57.3 Å². The van der Waals surface area contributed by atoms with Crippen molar-refractivity contribution in [2.75, 3.05) is 23.0 Å². The van der Waals surface area contributed by atoms with Gasteiger partial charge in [-0.15, -0.1) is 0 Å². The highest BCUT2D eigenvalue weighted by Crippen LogP contribution is 2.31. The maximum atomic E-state index is 12.3. The van der Waals surface area contributed by atoms with E-state index in [4.69, 9.17) is 16.3 Å². The van der Waals surface area contributed by atoms with E-state index in [1.807, 2.05) is 24.3 Å². The summed E-state index contributed by atoms with van der Waals surface area (Å²) < 4.78 is 5.04.